The van der Waals surface area contributed by atoms with Crippen LogP contribution in [0.4, 0.5) is 5.69 Å². The van der Waals surface area contributed by atoms with Gasteiger partial charge in [0.1, 0.15) is 5.75 Å². The summed E-state index contributed by atoms with van der Waals surface area (Å²) >= 11 is 0. The Bertz CT molecular complexity index is 397. The van der Waals surface area contributed by atoms with E-state index >= 15 is 0 Å². The van der Waals surface area contributed by atoms with Gasteiger partial charge in [-0.2, -0.15) is 0 Å². The molecule has 0 saturated heterocycles. The molecule has 1 aromatic heterocycles. The normalized spacial score (nSPS) is 9.71. The van der Waals surface area contributed by atoms with Crippen molar-refractivity contribution >= 4 is 5.69 Å². The Morgan fingerprint density at radius 1 is 1.00 bits per heavy atom. The van der Waals surface area contributed by atoms with Crippen LogP contribution in [0.2, 0.25) is 0 Å². The number of benzene rings is 1. The van der Waals surface area contributed by atoms with Crippen LogP contribution in [0.5, 0.6) is 11.6 Å². The molecule has 0 saturated carbocycles. The third-order valence-electron chi connectivity index (χ3n) is 1.74. The predicted octanol–water partition coefficient (Wildman–Crippen LogP) is 2.46. The Balaban J connectivity index is 2.16. The van der Waals surface area contributed by atoms with Gasteiger partial charge >= 0.3 is 0 Å². The van der Waals surface area contributed by atoms with Gasteiger partial charge in [-0.3, -0.25) is 0 Å². The molecule has 2 aromatic rings. The zero-order valence-corrected chi connectivity index (χ0v) is 7.55. The van der Waals surface area contributed by atoms with Crippen molar-refractivity contribution < 1.29 is 4.74 Å². The predicted molar refractivity (Wildman–Crippen MR) is 55.2 cm³/mol. The number of nitrogens with two attached hydrogens (primary N) is 1. The van der Waals surface area contributed by atoms with E-state index in [-0.39, 0.29) is 0 Å². The van der Waals surface area contributed by atoms with Crippen LogP contribution in [0.25, 0.3) is 0 Å². The number of nitrogen functional groups attached to an aromatic ring is 1. The van der Waals surface area contributed by atoms with E-state index in [9.17, 15) is 0 Å². The van der Waals surface area contributed by atoms with Crippen LogP contribution < -0.4 is 10.5 Å². The van der Waals surface area contributed by atoms with Crippen molar-refractivity contribution in [3.8, 4) is 11.6 Å². The van der Waals surface area contributed by atoms with E-state index in [0.29, 0.717) is 5.88 Å². The maximum absolute atomic E-state index is 5.55. The van der Waals surface area contributed by atoms with Crippen molar-refractivity contribution in [3.05, 3.63) is 48.7 Å². The summed E-state index contributed by atoms with van der Waals surface area (Å²) in [5.41, 5.74) is 6.27. The minimum atomic E-state index is 0.581. The molecule has 0 amide bonds. The van der Waals surface area contributed by atoms with Gasteiger partial charge < -0.3 is 10.5 Å². The lowest BCUT2D eigenvalue weighted by Gasteiger charge is -2.03. The Morgan fingerprint density at radius 2 is 1.79 bits per heavy atom. The highest BCUT2D eigenvalue weighted by Gasteiger charge is 1.95. The second kappa shape index (κ2) is 3.79. The number of hydrogen-bond acceptors (Lipinski definition) is 3. The molecule has 1 heterocycles. The maximum Gasteiger partial charge on any atom is 0.219 e. The first kappa shape index (κ1) is 8.56. The van der Waals surface area contributed by atoms with Gasteiger partial charge in [0, 0.05) is 18.0 Å². The summed E-state index contributed by atoms with van der Waals surface area (Å²) in [7, 11) is 0. The Kier molecular flexibility index (Phi) is 2.32. The summed E-state index contributed by atoms with van der Waals surface area (Å²) in [6.45, 7) is 0. The molecule has 70 valence electrons. The molecule has 0 radical (unpaired) electrons. The van der Waals surface area contributed by atoms with Gasteiger partial charge in [0.05, 0.1) is 0 Å². The highest BCUT2D eigenvalue weighted by molar-refractivity contribution is 5.42. The zero-order valence-electron chi connectivity index (χ0n) is 7.55. The van der Waals surface area contributed by atoms with Crippen LogP contribution in [0.3, 0.4) is 0 Å². The summed E-state index contributed by atoms with van der Waals surface area (Å²) in [5, 5.41) is 0. The highest BCUT2D eigenvalue weighted by Crippen LogP contribution is 2.19. The first-order chi connectivity index (χ1) is 6.84. The summed E-state index contributed by atoms with van der Waals surface area (Å²) in [6, 6.07) is 12.7. The SMILES string of the molecule is Nc1ccc(Oc2ccccn2)cc1. The molecule has 0 bridgehead atoms. The van der Waals surface area contributed by atoms with Crippen LogP contribution in [0.1, 0.15) is 0 Å². The topological polar surface area (TPSA) is 48.1 Å². The molecule has 3 heteroatoms. The van der Waals surface area contributed by atoms with Crippen molar-refractivity contribution in [3.63, 3.8) is 0 Å². The smallest absolute Gasteiger partial charge is 0.219 e. The second-order valence-electron chi connectivity index (χ2n) is 2.84. The number of ether oxygens (including phenoxy) is 1. The lowest BCUT2D eigenvalue weighted by molar-refractivity contribution is 0.463. The van der Waals surface area contributed by atoms with Gasteiger partial charge in [0.25, 0.3) is 0 Å². The van der Waals surface area contributed by atoms with Crippen molar-refractivity contribution in [2.45, 2.75) is 0 Å². The number of hydrogen-bond donors (Lipinski definition) is 1. The van der Waals surface area contributed by atoms with E-state index in [1.54, 1.807) is 24.4 Å². The van der Waals surface area contributed by atoms with Crippen LogP contribution in [0, 0.1) is 0 Å². The third kappa shape index (κ3) is 2.01. The van der Waals surface area contributed by atoms with Crippen LogP contribution in [-0.4, -0.2) is 4.98 Å². The minimum absolute atomic E-state index is 0.581. The number of aromatic nitrogens is 1. The maximum atomic E-state index is 5.55. The highest BCUT2D eigenvalue weighted by atomic mass is 16.5. The molecular weight excluding hydrogens is 176 g/mol. The third-order valence-corrected chi connectivity index (χ3v) is 1.74. The van der Waals surface area contributed by atoms with E-state index in [1.807, 2.05) is 24.3 Å². The van der Waals surface area contributed by atoms with Crippen LogP contribution in [0.15, 0.2) is 48.7 Å². The molecule has 2 rings (SSSR count). The van der Waals surface area contributed by atoms with Gasteiger partial charge in [-0.25, -0.2) is 4.98 Å². The number of pyridine rings is 1. The average Bonchev–Trinajstić information content (AvgIpc) is 2.23. The molecule has 3 nitrogen and oxygen atoms in total. The lowest BCUT2D eigenvalue weighted by atomic mass is 10.3. The number of rotatable bonds is 2. The quantitative estimate of drug-likeness (QED) is 0.733. The standard InChI is InChI=1S/C11H10N2O/c12-9-4-6-10(7-5-9)14-11-3-1-2-8-13-11/h1-8H,12H2. The Hall–Kier alpha value is -2.03. The summed E-state index contributed by atoms with van der Waals surface area (Å²) in [6.07, 6.45) is 1.69. The molecule has 0 unspecified atom stereocenters. The second-order valence-corrected chi connectivity index (χ2v) is 2.84. The van der Waals surface area contributed by atoms with Crippen molar-refractivity contribution in [1.82, 2.24) is 4.98 Å². The first-order valence-electron chi connectivity index (χ1n) is 4.29. The molecule has 0 spiro atoms. The summed E-state index contributed by atoms with van der Waals surface area (Å²) < 4.78 is 5.47. The van der Waals surface area contributed by atoms with E-state index < -0.39 is 0 Å². The monoisotopic (exact) mass is 186 g/mol. The van der Waals surface area contributed by atoms with Gasteiger partial charge in [-0.05, 0) is 30.3 Å². The molecule has 0 aliphatic heterocycles. The van der Waals surface area contributed by atoms with Crippen molar-refractivity contribution in [2.24, 2.45) is 0 Å². The largest absolute Gasteiger partial charge is 0.439 e. The first-order valence-corrected chi connectivity index (χ1v) is 4.29. The lowest BCUT2D eigenvalue weighted by Crippen LogP contribution is -1.87. The van der Waals surface area contributed by atoms with Crippen LogP contribution >= 0.6 is 0 Å². The minimum Gasteiger partial charge on any atom is -0.439 e. The number of nitrogens with zero attached hydrogens (tertiary/aromatic N) is 1. The fourth-order valence-corrected chi connectivity index (χ4v) is 1.06. The van der Waals surface area contributed by atoms with Crippen LogP contribution in [-0.2, 0) is 0 Å². The molecule has 0 aliphatic carbocycles. The molecule has 0 fully saturated rings. The molecule has 14 heavy (non-hydrogen) atoms. The average molecular weight is 186 g/mol. The van der Waals surface area contributed by atoms with E-state index in [1.165, 1.54) is 0 Å². The summed E-state index contributed by atoms with van der Waals surface area (Å²) in [4.78, 5) is 4.04. The molecule has 1 aromatic carbocycles. The van der Waals surface area contributed by atoms with Crippen molar-refractivity contribution in [1.29, 1.82) is 0 Å². The summed E-state index contributed by atoms with van der Waals surface area (Å²) in [5.74, 6) is 1.31. The number of anilines is 1. The van der Waals surface area contributed by atoms with Crippen molar-refractivity contribution in [2.75, 3.05) is 5.73 Å². The molecule has 2 N–H and O–H groups in total. The Labute approximate surface area is 82.2 Å². The zero-order chi connectivity index (χ0) is 9.80. The fourth-order valence-electron chi connectivity index (χ4n) is 1.06. The van der Waals surface area contributed by atoms with E-state index in [2.05, 4.69) is 4.98 Å². The van der Waals surface area contributed by atoms with Gasteiger partial charge in [0.15, 0.2) is 0 Å². The van der Waals surface area contributed by atoms with Gasteiger partial charge in [-0.1, -0.05) is 6.07 Å². The van der Waals surface area contributed by atoms with E-state index in [4.69, 9.17) is 10.5 Å². The van der Waals surface area contributed by atoms with E-state index in [0.717, 1.165) is 11.4 Å². The molecular formula is C11H10N2O. The van der Waals surface area contributed by atoms with Gasteiger partial charge in [-0.15, -0.1) is 0 Å². The Morgan fingerprint density at radius 3 is 2.43 bits per heavy atom. The molecule has 0 atom stereocenters. The fraction of sp³-hybridized carbons (Fsp3) is 0. The molecule has 0 aliphatic rings. The van der Waals surface area contributed by atoms with Gasteiger partial charge in [0.2, 0.25) is 5.88 Å².